The molecule has 0 radical (unpaired) electrons. The summed E-state index contributed by atoms with van der Waals surface area (Å²) in [6, 6.07) is 10.9. The van der Waals surface area contributed by atoms with Gasteiger partial charge in [0.2, 0.25) is 0 Å². The van der Waals surface area contributed by atoms with Crippen molar-refractivity contribution in [3.8, 4) is 11.3 Å². The van der Waals surface area contributed by atoms with Gasteiger partial charge in [-0.1, -0.05) is 18.2 Å². The van der Waals surface area contributed by atoms with E-state index in [4.69, 9.17) is 0 Å². The topological polar surface area (TPSA) is 101 Å². The lowest BCUT2D eigenvalue weighted by atomic mass is 10.1. The van der Waals surface area contributed by atoms with Gasteiger partial charge >= 0.3 is 5.69 Å². The summed E-state index contributed by atoms with van der Waals surface area (Å²) in [4.78, 5) is 46.5. The van der Waals surface area contributed by atoms with E-state index in [0.29, 0.717) is 5.69 Å². The maximum absolute atomic E-state index is 12.8. The number of imidazole rings is 1. The molecular weight excluding hydrogens is 434 g/mol. The number of fused-ring (bicyclic) bond motifs is 1. The summed E-state index contributed by atoms with van der Waals surface area (Å²) in [6.07, 6.45) is 5.00. The third-order valence-electron chi connectivity index (χ3n) is 4.71. The number of H-pyrrole nitrogens is 1. The first-order valence-corrected chi connectivity index (χ1v) is 11.0. The van der Waals surface area contributed by atoms with Crippen molar-refractivity contribution < 1.29 is 4.79 Å². The molecule has 8 nitrogen and oxygen atoms in total. The van der Waals surface area contributed by atoms with E-state index in [1.54, 1.807) is 18.2 Å². The second-order valence-electron chi connectivity index (χ2n) is 6.73. The Labute approximate surface area is 183 Å². The van der Waals surface area contributed by atoms with Gasteiger partial charge in [0.25, 0.3) is 11.5 Å². The van der Waals surface area contributed by atoms with E-state index in [1.165, 1.54) is 22.7 Å². The van der Waals surface area contributed by atoms with Gasteiger partial charge in [-0.3, -0.25) is 18.6 Å². The lowest BCUT2D eigenvalue weighted by molar-refractivity contribution is 0.102. The summed E-state index contributed by atoms with van der Waals surface area (Å²) in [6.45, 7) is 0.111. The molecule has 2 N–H and O–H groups in total. The lowest BCUT2D eigenvalue weighted by Crippen LogP contribution is -2.39. The molecule has 0 aliphatic rings. The van der Waals surface area contributed by atoms with Crippen molar-refractivity contribution >= 4 is 39.2 Å². The zero-order chi connectivity index (χ0) is 21.4. The first-order valence-electron chi connectivity index (χ1n) is 9.27. The smallest absolute Gasteiger partial charge is 0.322 e. The Morgan fingerprint density at radius 3 is 2.84 bits per heavy atom. The summed E-state index contributed by atoms with van der Waals surface area (Å²) in [7, 11) is 0. The van der Waals surface area contributed by atoms with Crippen LogP contribution >= 0.6 is 22.7 Å². The molecule has 0 spiro atoms. The number of carbonyl (C=O) groups is 1. The molecule has 1 aromatic carbocycles. The predicted molar refractivity (Wildman–Crippen MR) is 121 cm³/mol. The average Bonchev–Trinajstić information content (AvgIpc) is 3.49. The van der Waals surface area contributed by atoms with Crippen LogP contribution in [0.25, 0.3) is 16.2 Å². The molecule has 0 unspecified atom stereocenters. The highest BCUT2D eigenvalue weighted by atomic mass is 32.1. The van der Waals surface area contributed by atoms with Gasteiger partial charge in [0.1, 0.15) is 5.56 Å². The number of nitrogens with one attached hydrogen (secondary N) is 2. The van der Waals surface area contributed by atoms with Gasteiger partial charge in [0.15, 0.2) is 4.96 Å². The highest BCUT2D eigenvalue weighted by Crippen LogP contribution is 2.24. The van der Waals surface area contributed by atoms with Crippen molar-refractivity contribution in [2.45, 2.75) is 6.54 Å². The van der Waals surface area contributed by atoms with Crippen LogP contribution in [0.5, 0.6) is 0 Å². The van der Waals surface area contributed by atoms with E-state index >= 15 is 0 Å². The van der Waals surface area contributed by atoms with Gasteiger partial charge in [0.05, 0.1) is 12.2 Å². The number of amides is 1. The molecular formula is C21H15N5O3S2. The Kier molecular flexibility index (Phi) is 4.85. The van der Waals surface area contributed by atoms with Crippen LogP contribution in [0.1, 0.15) is 15.2 Å². The molecule has 1 amide bonds. The number of rotatable bonds is 5. The number of anilines is 1. The van der Waals surface area contributed by atoms with E-state index in [1.807, 2.05) is 45.8 Å². The standard InChI is InChI=1S/C21H15N5O3S2/c27-18(16-10-22-20(29)26(19(16)28)11-15-5-2-7-30-15)23-14-4-1-3-13(9-14)17-12-25-6-8-31-21(25)24-17/h1-10,12H,11H2,(H,22,29)(H,23,27). The molecule has 0 fully saturated rings. The van der Waals surface area contributed by atoms with E-state index < -0.39 is 17.2 Å². The molecule has 154 valence electrons. The number of hydrogen-bond acceptors (Lipinski definition) is 6. The first kappa shape index (κ1) is 19.2. The molecule has 31 heavy (non-hydrogen) atoms. The highest BCUT2D eigenvalue weighted by Gasteiger charge is 2.16. The Balaban J connectivity index is 1.42. The minimum absolute atomic E-state index is 0.111. The van der Waals surface area contributed by atoms with Gasteiger partial charge in [-0.15, -0.1) is 22.7 Å². The monoisotopic (exact) mass is 449 g/mol. The van der Waals surface area contributed by atoms with E-state index in [9.17, 15) is 14.4 Å². The molecule has 4 aromatic heterocycles. The number of thiazole rings is 1. The molecule has 10 heteroatoms. The molecule has 0 bridgehead atoms. The van der Waals surface area contributed by atoms with E-state index in [2.05, 4.69) is 15.3 Å². The zero-order valence-corrected chi connectivity index (χ0v) is 17.6. The van der Waals surface area contributed by atoms with Crippen LogP contribution in [0, 0.1) is 0 Å². The molecule has 5 aromatic rings. The van der Waals surface area contributed by atoms with Crippen molar-refractivity contribution in [1.29, 1.82) is 0 Å². The lowest BCUT2D eigenvalue weighted by Gasteiger charge is -2.08. The fourth-order valence-corrected chi connectivity index (χ4v) is 4.59. The van der Waals surface area contributed by atoms with Gasteiger partial charge in [-0.2, -0.15) is 0 Å². The Morgan fingerprint density at radius 1 is 1.13 bits per heavy atom. The average molecular weight is 450 g/mol. The van der Waals surface area contributed by atoms with Gasteiger partial charge in [0, 0.05) is 40.1 Å². The molecule has 0 aliphatic heterocycles. The van der Waals surface area contributed by atoms with Crippen molar-refractivity contribution in [2.75, 3.05) is 5.32 Å². The van der Waals surface area contributed by atoms with Crippen LogP contribution in [0.15, 0.2) is 75.3 Å². The summed E-state index contributed by atoms with van der Waals surface area (Å²) in [5, 5.41) is 6.56. The molecule has 4 heterocycles. The molecule has 5 rings (SSSR count). The second-order valence-corrected chi connectivity index (χ2v) is 8.64. The van der Waals surface area contributed by atoms with Gasteiger partial charge < -0.3 is 10.3 Å². The van der Waals surface area contributed by atoms with Crippen molar-refractivity contribution in [3.05, 3.63) is 97.0 Å². The highest BCUT2D eigenvalue weighted by molar-refractivity contribution is 7.15. The van der Waals surface area contributed by atoms with Crippen LogP contribution in [-0.2, 0) is 6.54 Å². The largest absolute Gasteiger partial charge is 0.328 e. The zero-order valence-electron chi connectivity index (χ0n) is 15.9. The summed E-state index contributed by atoms with van der Waals surface area (Å²) < 4.78 is 2.95. The van der Waals surface area contributed by atoms with Gasteiger partial charge in [-0.25, -0.2) is 9.78 Å². The molecule has 0 aliphatic carbocycles. The van der Waals surface area contributed by atoms with Crippen LogP contribution in [-0.4, -0.2) is 24.8 Å². The van der Waals surface area contributed by atoms with Crippen molar-refractivity contribution in [2.24, 2.45) is 0 Å². The SMILES string of the molecule is O=C(Nc1cccc(-c2cn3ccsc3n2)c1)c1c[nH]c(=O)n(Cc2cccs2)c1=O. The number of thiophene rings is 1. The fraction of sp³-hybridized carbons (Fsp3) is 0.0476. The molecule has 0 saturated carbocycles. The third-order valence-corrected chi connectivity index (χ3v) is 6.34. The Morgan fingerprint density at radius 2 is 2.03 bits per heavy atom. The van der Waals surface area contributed by atoms with E-state index in [0.717, 1.165) is 31.9 Å². The Bertz CT molecular complexity index is 1480. The number of aromatic amines is 1. The van der Waals surface area contributed by atoms with Crippen LogP contribution in [0.2, 0.25) is 0 Å². The normalized spacial score (nSPS) is 11.1. The number of hydrogen-bond donors (Lipinski definition) is 2. The van der Waals surface area contributed by atoms with Crippen molar-refractivity contribution in [1.82, 2.24) is 18.9 Å². The maximum atomic E-state index is 12.8. The number of aromatic nitrogens is 4. The maximum Gasteiger partial charge on any atom is 0.328 e. The number of nitrogens with zero attached hydrogens (tertiary/aromatic N) is 3. The first-order chi connectivity index (χ1) is 15.1. The predicted octanol–water partition coefficient (Wildman–Crippen LogP) is 3.27. The van der Waals surface area contributed by atoms with Crippen molar-refractivity contribution in [3.63, 3.8) is 0 Å². The second kappa shape index (κ2) is 7.82. The van der Waals surface area contributed by atoms with E-state index in [-0.39, 0.29) is 12.1 Å². The number of benzene rings is 1. The number of carbonyl (C=O) groups excluding carboxylic acids is 1. The van der Waals surface area contributed by atoms with Crippen LogP contribution < -0.4 is 16.6 Å². The summed E-state index contributed by atoms with van der Waals surface area (Å²) in [5.41, 5.74) is 0.811. The minimum Gasteiger partial charge on any atom is -0.322 e. The fourth-order valence-electron chi connectivity index (χ4n) is 3.20. The molecule has 0 saturated heterocycles. The van der Waals surface area contributed by atoms with Crippen LogP contribution in [0.3, 0.4) is 0 Å². The van der Waals surface area contributed by atoms with Gasteiger partial charge in [-0.05, 0) is 23.6 Å². The van der Waals surface area contributed by atoms with Crippen LogP contribution in [0.4, 0.5) is 5.69 Å². The Hall–Kier alpha value is -3.76. The quantitative estimate of drug-likeness (QED) is 0.430. The minimum atomic E-state index is -0.639. The molecule has 0 atom stereocenters. The summed E-state index contributed by atoms with van der Waals surface area (Å²) >= 11 is 2.97. The summed E-state index contributed by atoms with van der Waals surface area (Å²) in [5.74, 6) is -0.593. The third kappa shape index (κ3) is 3.74.